The Morgan fingerprint density at radius 3 is 1.98 bits per heavy atom. The molecule has 5 aromatic rings. The van der Waals surface area contributed by atoms with Crippen LogP contribution in [0.3, 0.4) is 0 Å². The second-order valence-corrected chi connectivity index (χ2v) is 11.6. The van der Waals surface area contributed by atoms with Crippen LogP contribution in [0.2, 0.25) is 0 Å². The highest BCUT2D eigenvalue weighted by Crippen LogP contribution is 2.42. The number of carbonyl (C=O) groups is 1. The molecular weight excluding hydrogens is 626 g/mol. The molecule has 49 heavy (non-hydrogen) atoms. The van der Waals surface area contributed by atoms with Gasteiger partial charge in [-0.2, -0.15) is 0 Å². The topological polar surface area (TPSA) is 141 Å². The van der Waals surface area contributed by atoms with Crippen LogP contribution in [0, 0.1) is 0 Å². The summed E-state index contributed by atoms with van der Waals surface area (Å²) in [4.78, 5) is 40.7. The Morgan fingerprint density at radius 2 is 1.41 bits per heavy atom. The number of aromatic amines is 1. The Hall–Kier alpha value is -5.49. The number of nitrogens with one attached hydrogen (secondary N) is 2. The molecule has 0 unspecified atom stereocenters. The fourth-order valence-electron chi connectivity index (χ4n) is 6.05. The highest BCUT2D eigenvalue weighted by molar-refractivity contribution is 5.93. The number of aromatic nitrogens is 2. The Bertz CT molecular complexity index is 1930. The number of carbonyl (C=O) groups excluding carboxylic acids is 1. The van der Waals surface area contributed by atoms with E-state index < -0.39 is 41.2 Å². The number of hydrogen-bond donors (Lipinski definition) is 3. The standard InChI is InChI=1S/C38H37N3O8/c1-46-29-17-13-27(14-18-29)38(26-11-7-4-8-12-26,28-15-19-30(47-2)20-16-28)48-24-33-32(42)21-34(49-33)41-23-31(36(44)40-37(41)45)35(43)39-22-25-9-5-3-6-10-25/h3-20,23,32-34,42H,21-22,24H2,1-2H3,(H,39,43)(H,40,44,45)/t32-,33+,34+/m0/s1. The van der Waals surface area contributed by atoms with Crippen LogP contribution in [0.4, 0.5) is 0 Å². The SMILES string of the molecule is COc1ccc(C(OC[C@H]2O[C@@H](n3cc(C(=O)NCc4ccccc4)c(=O)[nH]c3=O)C[C@@H]2O)(c2ccccc2)c2ccc(OC)cc2)cc1. The van der Waals surface area contributed by atoms with E-state index in [4.69, 9.17) is 18.9 Å². The van der Waals surface area contributed by atoms with Crippen LogP contribution in [0.5, 0.6) is 11.5 Å². The van der Waals surface area contributed by atoms with Gasteiger partial charge in [0.05, 0.1) is 26.9 Å². The first-order chi connectivity index (χ1) is 23.8. The number of ether oxygens (including phenoxy) is 4. The van der Waals surface area contributed by atoms with Gasteiger partial charge in [0, 0.05) is 19.2 Å². The number of rotatable bonds is 12. The van der Waals surface area contributed by atoms with E-state index in [0.717, 1.165) is 26.8 Å². The van der Waals surface area contributed by atoms with E-state index in [0.29, 0.717) is 11.5 Å². The minimum absolute atomic E-state index is 0.0223. The molecule has 0 spiro atoms. The van der Waals surface area contributed by atoms with Crippen LogP contribution in [-0.2, 0) is 21.6 Å². The van der Waals surface area contributed by atoms with E-state index in [2.05, 4.69) is 10.3 Å². The first kappa shape index (κ1) is 33.4. The van der Waals surface area contributed by atoms with Crippen molar-refractivity contribution < 1.29 is 28.8 Å². The number of aliphatic hydroxyl groups excluding tert-OH is 1. The number of benzene rings is 4. The summed E-state index contributed by atoms with van der Waals surface area (Å²) in [6.45, 7) is 0.120. The second kappa shape index (κ2) is 14.7. The molecular formula is C38H37N3O8. The molecule has 1 amide bonds. The van der Waals surface area contributed by atoms with E-state index in [1.807, 2.05) is 109 Å². The number of methoxy groups -OCH3 is 2. The molecule has 1 aromatic heterocycles. The molecule has 0 bridgehead atoms. The van der Waals surface area contributed by atoms with Crippen molar-refractivity contribution in [1.82, 2.24) is 14.9 Å². The van der Waals surface area contributed by atoms with Gasteiger partial charge in [-0.25, -0.2) is 4.79 Å². The van der Waals surface area contributed by atoms with Crippen LogP contribution >= 0.6 is 0 Å². The van der Waals surface area contributed by atoms with Crippen LogP contribution in [0.25, 0.3) is 0 Å². The zero-order valence-electron chi connectivity index (χ0n) is 27.1. The fraction of sp³-hybridized carbons (Fsp3) is 0.237. The second-order valence-electron chi connectivity index (χ2n) is 11.6. The molecule has 252 valence electrons. The maximum absolute atomic E-state index is 13.0. The maximum Gasteiger partial charge on any atom is 0.330 e. The van der Waals surface area contributed by atoms with Crippen molar-refractivity contribution in [1.29, 1.82) is 0 Å². The Balaban J connectivity index is 1.29. The predicted octanol–water partition coefficient (Wildman–Crippen LogP) is 4.14. The lowest BCUT2D eigenvalue weighted by molar-refractivity contribution is -0.0944. The average molecular weight is 664 g/mol. The summed E-state index contributed by atoms with van der Waals surface area (Å²) in [6, 6.07) is 34.1. The molecule has 11 heteroatoms. The summed E-state index contributed by atoms with van der Waals surface area (Å²) in [5.74, 6) is 0.707. The molecule has 0 saturated carbocycles. The molecule has 3 N–H and O–H groups in total. The first-order valence-electron chi connectivity index (χ1n) is 15.8. The molecule has 1 fully saturated rings. The van der Waals surface area contributed by atoms with Crippen molar-refractivity contribution in [2.45, 2.75) is 37.0 Å². The molecule has 1 aliphatic heterocycles. The summed E-state index contributed by atoms with van der Waals surface area (Å²) in [6.07, 6.45) is -1.67. The van der Waals surface area contributed by atoms with Gasteiger partial charge in [-0.15, -0.1) is 0 Å². The minimum atomic E-state index is -1.15. The lowest BCUT2D eigenvalue weighted by Crippen LogP contribution is -2.39. The van der Waals surface area contributed by atoms with Crippen molar-refractivity contribution in [2.75, 3.05) is 20.8 Å². The molecule has 11 nitrogen and oxygen atoms in total. The summed E-state index contributed by atoms with van der Waals surface area (Å²) in [5, 5.41) is 13.9. The Labute approximate surface area is 282 Å². The predicted molar refractivity (Wildman–Crippen MR) is 182 cm³/mol. The van der Waals surface area contributed by atoms with Crippen molar-refractivity contribution in [3.05, 3.63) is 164 Å². The Morgan fingerprint density at radius 1 is 0.857 bits per heavy atom. The molecule has 2 heterocycles. The van der Waals surface area contributed by atoms with Crippen molar-refractivity contribution in [3.8, 4) is 11.5 Å². The number of hydrogen-bond acceptors (Lipinski definition) is 8. The summed E-state index contributed by atoms with van der Waals surface area (Å²) in [7, 11) is 3.20. The van der Waals surface area contributed by atoms with Crippen molar-refractivity contribution in [3.63, 3.8) is 0 Å². The van der Waals surface area contributed by atoms with Gasteiger partial charge in [0.2, 0.25) is 0 Å². The summed E-state index contributed by atoms with van der Waals surface area (Å²) >= 11 is 0. The highest BCUT2D eigenvalue weighted by Gasteiger charge is 2.42. The molecule has 1 saturated heterocycles. The minimum Gasteiger partial charge on any atom is -0.497 e. The third kappa shape index (κ3) is 7.05. The molecule has 3 atom stereocenters. The lowest BCUT2D eigenvalue weighted by atomic mass is 9.80. The van der Waals surface area contributed by atoms with Crippen molar-refractivity contribution in [2.24, 2.45) is 0 Å². The van der Waals surface area contributed by atoms with Gasteiger partial charge in [-0.3, -0.25) is 19.1 Å². The fourth-order valence-corrected chi connectivity index (χ4v) is 6.05. The first-order valence-corrected chi connectivity index (χ1v) is 15.8. The number of nitrogens with zero attached hydrogens (tertiary/aromatic N) is 1. The molecule has 0 aliphatic carbocycles. The maximum atomic E-state index is 13.0. The van der Waals surface area contributed by atoms with Gasteiger partial charge in [0.1, 0.15) is 35.0 Å². The van der Waals surface area contributed by atoms with Crippen LogP contribution in [0.1, 0.15) is 45.3 Å². The van der Waals surface area contributed by atoms with Crippen LogP contribution in [-0.4, -0.2) is 53.6 Å². The normalized spacial score (nSPS) is 17.4. The zero-order valence-corrected chi connectivity index (χ0v) is 27.1. The monoisotopic (exact) mass is 663 g/mol. The highest BCUT2D eigenvalue weighted by atomic mass is 16.6. The Kier molecular flexibility index (Phi) is 10.0. The van der Waals surface area contributed by atoms with Gasteiger partial charge in [-0.1, -0.05) is 84.9 Å². The number of H-pyrrole nitrogens is 1. The quantitative estimate of drug-likeness (QED) is 0.169. The summed E-state index contributed by atoms with van der Waals surface area (Å²) < 4.78 is 25.1. The van der Waals surface area contributed by atoms with Gasteiger partial charge in [-0.05, 0) is 46.5 Å². The summed E-state index contributed by atoms with van der Waals surface area (Å²) in [5.41, 5.74) is 0.290. The van der Waals surface area contributed by atoms with E-state index >= 15 is 0 Å². The van der Waals surface area contributed by atoms with Crippen LogP contribution in [0.15, 0.2) is 125 Å². The third-order valence-electron chi connectivity index (χ3n) is 8.66. The molecule has 1 aliphatic rings. The van der Waals surface area contributed by atoms with Crippen LogP contribution < -0.4 is 26.0 Å². The van der Waals surface area contributed by atoms with E-state index in [9.17, 15) is 19.5 Å². The lowest BCUT2D eigenvalue weighted by Gasteiger charge is -2.37. The molecule has 4 aromatic carbocycles. The largest absolute Gasteiger partial charge is 0.497 e. The molecule has 6 rings (SSSR count). The van der Waals surface area contributed by atoms with Crippen molar-refractivity contribution >= 4 is 5.91 Å². The third-order valence-corrected chi connectivity index (χ3v) is 8.66. The zero-order chi connectivity index (χ0) is 34.4. The van der Waals surface area contributed by atoms with Gasteiger partial charge < -0.3 is 29.4 Å². The van der Waals surface area contributed by atoms with Gasteiger partial charge >= 0.3 is 5.69 Å². The van der Waals surface area contributed by atoms with Gasteiger partial charge in [0.15, 0.2) is 0 Å². The smallest absolute Gasteiger partial charge is 0.330 e. The van der Waals surface area contributed by atoms with E-state index in [1.165, 1.54) is 6.20 Å². The number of amides is 1. The number of aliphatic hydroxyl groups is 1. The van der Waals surface area contributed by atoms with E-state index in [1.54, 1.807) is 14.2 Å². The van der Waals surface area contributed by atoms with E-state index in [-0.39, 0.29) is 25.1 Å². The molecule has 0 radical (unpaired) electrons. The average Bonchev–Trinajstić information content (AvgIpc) is 3.51. The van der Waals surface area contributed by atoms with Gasteiger partial charge in [0.25, 0.3) is 11.5 Å².